The molecule has 0 bridgehead atoms. The van der Waals surface area contributed by atoms with Crippen LogP contribution in [0.25, 0.3) is 5.52 Å². The van der Waals surface area contributed by atoms with Crippen molar-refractivity contribution in [1.82, 2.24) is 18.8 Å². The Hall–Kier alpha value is -2.71. The lowest BCUT2D eigenvalue weighted by Crippen LogP contribution is -2.38. The number of hydrogen-bond acceptors (Lipinski definition) is 4. The first-order valence-corrected chi connectivity index (χ1v) is 14.0. The highest BCUT2D eigenvalue weighted by atomic mass is 32.2. The number of pyridine rings is 1. The van der Waals surface area contributed by atoms with Crippen LogP contribution in [0.3, 0.4) is 0 Å². The van der Waals surface area contributed by atoms with E-state index in [9.17, 15) is 13.2 Å². The first kappa shape index (κ1) is 24.0. The van der Waals surface area contributed by atoms with Gasteiger partial charge in [-0.2, -0.15) is 9.40 Å². The number of likely N-dealkylation sites (tertiary alicyclic amines) is 1. The predicted octanol–water partition coefficient (Wildman–Crippen LogP) is 4.39. The maximum Gasteiger partial charge on any atom is 0.257 e. The topological polar surface area (TPSA) is 75.0 Å². The number of fused-ring (bicyclic) bond motifs is 1. The van der Waals surface area contributed by atoms with Gasteiger partial charge in [0.1, 0.15) is 0 Å². The number of nitrogens with zero attached hydrogens (tertiary/aromatic N) is 4. The molecule has 2 saturated heterocycles. The van der Waals surface area contributed by atoms with Crippen molar-refractivity contribution >= 4 is 21.4 Å². The maximum atomic E-state index is 13.4. The molecule has 0 spiro atoms. The van der Waals surface area contributed by atoms with Crippen molar-refractivity contribution < 1.29 is 13.2 Å². The third kappa shape index (κ3) is 4.61. The van der Waals surface area contributed by atoms with Gasteiger partial charge in [0.25, 0.3) is 5.91 Å². The van der Waals surface area contributed by atoms with E-state index in [1.807, 2.05) is 37.1 Å². The fourth-order valence-corrected chi connectivity index (χ4v) is 6.83. The molecule has 0 N–H and O–H groups in total. The monoisotopic (exact) mass is 494 g/mol. The van der Waals surface area contributed by atoms with E-state index in [-0.39, 0.29) is 11.8 Å². The maximum absolute atomic E-state index is 13.4. The molecule has 0 saturated carbocycles. The molecule has 0 radical (unpaired) electrons. The molecule has 1 aromatic carbocycles. The molecule has 8 heteroatoms. The Morgan fingerprint density at radius 1 is 0.943 bits per heavy atom. The van der Waals surface area contributed by atoms with Crippen molar-refractivity contribution in [2.45, 2.75) is 57.3 Å². The van der Waals surface area contributed by atoms with Crippen LogP contribution in [0.15, 0.2) is 47.5 Å². The van der Waals surface area contributed by atoms with Crippen LogP contribution in [0.2, 0.25) is 0 Å². The molecule has 1 amide bonds. The van der Waals surface area contributed by atoms with Crippen LogP contribution in [0.4, 0.5) is 0 Å². The number of aryl methyl sites for hydroxylation is 2. The minimum absolute atomic E-state index is 0.0700. The minimum Gasteiger partial charge on any atom is -0.339 e. The Kier molecular flexibility index (Phi) is 6.44. The zero-order valence-electron chi connectivity index (χ0n) is 20.8. The molecule has 0 unspecified atom stereocenters. The van der Waals surface area contributed by atoms with E-state index >= 15 is 0 Å². The van der Waals surface area contributed by atoms with Gasteiger partial charge in [0, 0.05) is 32.4 Å². The number of aromatic nitrogens is 2. The Morgan fingerprint density at radius 2 is 1.60 bits per heavy atom. The SMILES string of the molecule is Cc1ccc(S(=O)(=O)N2CCC(c3ccn4nc(C)c(C(=O)N5CCC(C)CC5)c4c3)CC2)cc1. The van der Waals surface area contributed by atoms with Gasteiger partial charge in [-0.3, -0.25) is 4.79 Å². The molecule has 35 heavy (non-hydrogen) atoms. The quantitative estimate of drug-likeness (QED) is 0.539. The normalized spacial score (nSPS) is 18.9. The molecule has 5 rings (SSSR count). The van der Waals surface area contributed by atoms with E-state index in [4.69, 9.17) is 0 Å². The average Bonchev–Trinajstić information content (AvgIpc) is 3.19. The fourth-order valence-electron chi connectivity index (χ4n) is 5.36. The van der Waals surface area contributed by atoms with Crippen LogP contribution in [0.5, 0.6) is 0 Å². The molecular formula is C27H34N4O3S. The standard InChI is InChI=1S/C27H34N4O3S/c1-19-4-6-24(7-5-19)35(33,34)30-15-10-22(11-16-30)23-12-17-31-25(18-23)26(21(3)28-31)27(32)29-13-8-20(2)9-14-29/h4-7,12,17-18,20,22H,8-11,13-16H2,1-3H3. The van der Waals surface area contributed by atoms with E-state index < -0.39 is 10.0 Å². The van der Waals surface area contributed by atoms with Crippen LogP contribution < -0.4 is 0 Å². The van der Waals surface area contributed by atoms with E-state index in [0.717, 1.165) is 61.1 Å². The molecule has 2 aliphatic rings. The predicted molar refractivity (Wildman–Crippen MR) is 136 cm³/mol. The summed E-state index contributed by atoms with van der Waals surface area (Å²) in [7, 11) is -3.48. The number of sulfonamides is 1. The highest BCUT2D eigenvalue weighted by molar-refractivity contribution is 7.89. The minimum atomic E-state index is -3.48. The molecule has 0 aliphatic carbocycles. The number of piperidine rings is 2. The molecule has 186 valence electrons. The van der Waals surface area contributed by atoms with E-state index in [0.29, 0.717) is 29.5 Å². The number of carbonyl (C=O) groups excluding carboxylic acids is 1. The van der Waals surface area contributed by atoms with Crippen molar-refractivity contribution in [1.29, 1.82) is 0 Å². The summed E-state index contributed by atoms with van der Waals surface area (Å²) >= 11 is 0. The van der Waals surface area contributed by atoms with Gasteiger partial charge < -0.3 is 4.90 Å². The first-order chi connectivity index (χ1) is 16.7. The van der Waals surface area contributed by atoms with Gasteiger partial charge in [-0.1, -0.05) is 24.6 Å². The number of hydrogen-bond donors (Lipinski definition) is 0. The second-order valence-corrected chi connectivity index (χ2v) is 12.2. The van der Waals surface area contributed by atoms with Crippen LogP contribution in [0, 0.1) is 19.8 Å². The Labute approximate surface area is 207 Å². The summed E-state index contributed by atoms with van der Waals surface area (Å²) in [6, 6.07) is 11.2. The summed E-state index contributed by atoms with van der Waals surface area (Å²) in [5.74, 6) is 0.982. The Morgan fingerprint density at radius 3 is 2.26 bits per heavy atom. The highest BCUT2D eigenvalue weighted by Gasteiger charge is 2.31. The lowest BCUT2D eigenvalue weighted by molar-refractivity contribution is 0.0698. The van der Waals surface area contributed by atoms with Crippen molar-refractivity contribution in [3.05, 3.63) is 65.0 Å². The van der Waals surface area contributed by atoms with Crippen molar-refractivity contribution in [2.24, 2.45) is 5.92 Å². The second kappa shape index (κ2) is 9.39. The highest BCUT2D eigenvalue weighted by Crippen LogP contribution is 2.32. The van der Waals surface area contributed by atoms with Crippen molar-refractivity contribution in [3.63, 3.8) is 0 Å². The number of amides is 1. The van der Waals surface area contributed by atoms with Crippen LogP contribution in [-0.4, -0.2) is 59.3 Å². The summed E-state index contributed by atoms with van der Waals surface area (Å²) in [5.41, 5.74) is 4.48. The number of carbonyl (C=O) groups is 1. The number of rotatable bonds is 4. The summed E-state index contributed by atoms with van der Waals surface area (Å²) in [4.78, 5) is 15.7. The van der Waals surface area contributed by atoms with Crippen LogP contribution >= 0.6 is 0 Å². The summed E-state index contributed by atoms with van der Waals surface area (Å²) in [6.45, 7) is 8.67. The third-order valence-corrected chi connectivity index (χ3v) is 9.62. The second-order valence-electron chi connectivity index (χ2n) is 10.2. The molecule has 0 atom stereocenters. The summed E-state index contributed by atoms with van der Waals surface area (Å²) in [6.07, 6.45) is 5.52. The molecule has 3 aromatic rings. The zero-order valence-corrected chi connectivity index (χ0v) is 21.6. The Balaban J connectivity index is 1.34. The lowest BCUT2D eigenvalue weighted by Gasteiger charge is -2.31. The van der Waals surface area contributed by atoms with Gasteiger partial charge in [-0.15, -0.1) is 0 Å². The van der Waals surface area contributed by atoms with Crippen molar-refractivity contribution in [2.75, 3.05) is 26.2 Å². The van der Waals surface area contributed by atoms with Gasteiger partial charge in [0.05, 0.1) is 21.7 Å². The molecule has 2 fully saturated rings. The average molecular weight is 495 g/mol. The molecule has 2 aromatic heterocycles. The summed E-state index contributed by atoms with van der Waals surface area (Å²) < 4.78 is 29.6. The first-order valence-electron chi connectivity index (χ1n) is 12.6. The van der Waals surface area contributed by atoms with Gasteiger partial charge >= 0.3 is 0 Å². The van der Waals surface area contributed by atoms with Crippen LogP contribution in [-0.2, 0) is 10.0 Å². The third-order valence-electron chi connectivity index (χ3n) is 7.70. The lowest BCUT2D eigenvalue weighted by atomic mass is 9.90. The van der Waals surface area contributed by atoms with Gasteiger partial charge in [-0.25, -0.2) is 12.9 Å². The Bertz CT molecular complexity index is 1330. The van der Waals surface area contributed by atoms with Gasteiger partial charge in [0.2, 0.25) is 10.0 Å². The van der Waals surface area contributed by atoms with E-state index in [1.165, 1.54) is 0 Å². The molecule has 7 nitrogen and oxygen atoms in total. The van der Waals surface area contributed by atoms with E-state index in [2.05, 4.69) is 24.2 Å². The van der Waals surface area contributed by atoms with Crippen molar-refractivity contribution in [3.8, 4) is 0 Å². The number of benzene rings is 1. The smallest absolute Gasteiger partial charge is 0.257 e. The van der Waals surface area contributed by atoms with Crippen LogP contribution in [0.1, 0.15) is 65.7 Å². The van der Waals surface area contributed by atoms with Gasteiger partial charge in [-0.05, 0) is 81.2 Å². The zero-order chi connectivity index (χ0) is 24.7. The molecule has 4 heterocycles. The largest absolute Gasteiger partial charge is 0.339 e. The fraction of sp³-hybridized carbons (Fsp3) is 0.481. The summed E-state index contributed by atoms with van der Waals surface area (Å²) in [5, 5.41) is 4.60. The van der Waals surface area contributed by atoms with Gasteiger partial charge in [0.15, 0.2) is 0 Å². The van der Waals surface area contributed by atoms with E-state index in [1.54, 1.807) is 21.0 Å². The molecule has 2 aliphatic heterocycles. The molecular weight excluding hydrogens is 460 g/mol.